The number of carbonyl (C=O) groups excluding carboxylic acids is 1. The van der Waals surface area contributed by atoms with E-state index in [1.165, 1.54) is 25.3 Å². The van der Waals surface area contributed by atoms with Crippen molar-refractivity contribution in [3.63, 3.8) is 0 Å². The summed E-state index contributed by atoms with van der Waals surface area (Å²) in [6.45, 7) is 4.06. The lowest BCUT2D eigenvalue weighted by Gasteiger charge is -2.28. The first-order chi connectivity index (χ1) is 14.7. The van der Waals surface area contributed by atoms with Gasteiger partial charge in [-0.2, -0.15) is 4.98 Å². The van der Waals surface area contributed by atoms with Gasteiger partial charge in [0.2, 0.25) is 11.9 Å². The molecule has 0 bridgehead atoms. The maximum absolute atomic E-state index is 12.0. The van der Waals surface area contributed by atoms with E-state index in [9.17, 15) is 4.79 Å². The minimum absolute atomic E-state index is 0.222. The van der Waals surface area contributed by atoms with E-state index in [4.69, 9.17) is 4.42 Å². The molecular formula is C23H25N5O2. The molecule has 154 valence electrons. The first kappa shape index (κ1) is 19.7. The van der Waals surface area contributed by atoms with E-state index in [1.54, 1.807) is 24.5 Å². The van der Waals surface area contributed by atoms with E-state index in [0.29, 0.717) is 17.4 Å². The Morgan fingerprint density at radius 3 is 2.57 bits per heavy atom. The first-order valence-electron chi connectivity index (χ1n) is 10.2. The van der Waals surface area contributed by atoms with Gasteiger partial charge in [0.25, 0.3) is 0 Å². The fourth-order valence-corrected chi connectivity index (χ4v) is 3.39. The predicted molar refractivity (Wildman–Crippen MR) is 119 cm³/mol. The molecule has 4 rings (SSSR count). The second-order valence-corrected chi connectivity index (χ2v) is 7.28. The summed E-state index contributed by atoms with van der Waals surface area (Å²) in [7, 11) is 0. The minimum atomic E-state index is -0.222. The highest BCUT2D eigenvalue weighted by atomic mass is 16.3. The number of carbonyl (C=O) groups is 1. The SMILES string of the molecule is Cc1cc(N2CCCCC2)nc(Nc2ccc(NC(=O)/C=C/c3ccco3)cc2)n1. The van der Waals surface area contributed by atoms with Crippen molar-refractivity contribution in [3.8, 4) is 0 Å². The number of nitrogens with zero attached hydrogens (tertiary/aromatic N) is 3. The monoisotopic (exact) mass is 403 g/mol. The Labute approximate surface area is 175 Å². The Morgan fingerprint density at radius 1 is 1.07 bits per heavy atom. The molecule has 30 heavy (non-hydrogen) atoms. The van der Waals surface area contributed by atoms with Crippen LogP contribution in [-0.2, 0) is 4.79 Å². The summed E-state index contributed by atoms with van der Waals surface area (Å²) in [5.41, 5.74) is 2.49. The Hall–Kier alpha value is -3.61. The molecule has 2 N–H and O–H groups in total. The van der Waals surface area contributed by atoms with E-state index < -0.39 is 0 Å². The number of hydrogen-bond donors (Lipinski definition) is 2. The van der Waals surface area contributed by atoms with Crippen molar-refractivity contribution in [1.82, 2.24) is 9.97 Å². The van der Waals surface area contributed by atoms with Gasteiger partial charge in [-0.1, -0.05) is 0 Å². The number of aromatic nitrogens is 2. The van der Waals surface area contributed by atoms with E-state index in [0.717, 1.165) is 30.3 Å². The van der Waals surface area contributed by atoms with Crippen molar-refractivity contribution in [2.45, 2.75) is 26.2 Å². The third-order valence-electron chi connectivity index (χ3n) is 4.87. The fourth-order valence-electron chi connectivity index (χ4n) is 3.39. The largest absolute Gasteiger partial charge is 0.465 e. The molecule has 7 nitrogen and oxygen atoms in total. The van der Waals surface area contributed by atoms with E-state index in [1.807, 2.05) is 37.3 Å². The number of nitrogens with one attached hydrogen (secondary N) is 2. The van der Waals surface area contributed by atoms with Crippen molar-refractivity contribution < 1.29 is 9.21 Å². The smallest absolute Gasteiger partial charge is 0.248 e. The number of amides is 1. The molecule has 1 fully saturated rings. The van der Waals surface area contributed by atoms with Crippen LogP contribution in [0.4, 0.5) is 23.1 Å². The number of furan rings is 1. The van der Waals surface area contributed by atoms with Crippen LogP contribution in [0.3, 0.4) is 0 Å². The summed E-state index contributed by atoms with van der Waals surface area (Å²) in [6.07, 6.45) is 8.32. The molecule has 0 atom stereocenters. The maximum atomic E-state index is 12.0. The fraction of sp³-hybridized carbons (Fsp3) is 0.261. The first-order valence-corrected chi connectivity index (χ1v) is 10.2. The Balaban J connectivity index is 1.38. The summed E-state index contributed by atoms with van der Waals surface area (Å²) >= 11 is 0. The van der Waals surface area contributed by atoms with Gasteiger partial charge in [0, 0.05) is 42.3 Å². The highest BCUT2D eigenvalue weighted by Gasteiger charge is 2.14. The number of aryl methyl sites for hydroxylation is 1. The highest BCUT2D eigenvalue weighted by Crippen LogP contribution is 2.22. The summed E-state index contributed by atoms with van der Waals surface area (Å²) in [4.78, 5) is 23.5. The Bertz CT molecular complexity index is 1010. The van der Waals surface area contributed by atoms with Crippen LogP contribution in [0, 0.1) is 6.92 Å². The average molecular weight is 403 g/mol. The molecule has 1 aliphatic rings. The summed E-state index contributed by atoms with van der Waals surface area (Å²) in [6, 6.07) is 13.0. The molecule has 1 aromatic carbocycles. The van der Waals surface area contributed by atoms with Gasteiger partial charge in [-0.25, -0.2) is 4.98 Å². The zero-order valence-corrected chi connectivity index (χ0v) is 17.0. The molecule has 7 heteroatoms. The van der Waals surface area contributed by atoms with Crippen LogP contribution >= 0.6 is 0 Å². The zero-order valence-electron chi connectivity index (χ0n) is 17.0. The Kier molecular flexibility index (Phi) is 6.08. The van der Waals surface area contributed by atoms with Crippen molar-refractivity contribution in [2.24, 2.45) is 0 Å². The molecule has 0 spiro atoms. The van der Waals surface area contributed by atoms with Crippen LogP contribution < -0.4 is 15.5 Å². The lowest BCUT2D eigenvalue weighted by Crippen LogP contribution is -2.30. The maximum Gasteiger partial charge on any atom is 0.248 e. The summed E-state index contributed by atoms with van der Waals surface area (Å²) in [5, 5.41) is 6.08. The summed E-state index contributed by atoms with van der Waals surface area (Å²) in [5.74, 6) is 1.96. The van der Waals surface area contributed by atoms with Gasteiger partial charge in [-0.3, -0.25) is 4.79 Å². The van der Waals surface area contributed by atoms with Gasteiger partial charge >= 0.3 is 0 Å². The third-order valence-corrected chi connectivity index (χ3v) is 4.87. The predicted octanol–water partition coefficient (Wildman–Crippen LogP) is 4.76. The number of rotatable bonds is 6. The van der Waals surface area contributed by atoms with Crippen molar-refractivity contribution in [1.29, 1.82) is 0 Å². The lowest BCUT2D eigenvalue weighted by molar-refractivity contribution is -0.111. The molecule has 1 aliphatic heterocycles. The summed E-state index contributed by atoms with van der Waals surface area (Å²) < 4.78 is 5.17. The number of anilines is 4. The van der Waals surface area contributed by atoms with Crippen LogP contribution in [0.2, 0.25) is 0 Å². The van der Waals surface area contributed by atoms with Crippen LogP contribution in [0.5, 0.6) is 0 Å². The van der Waals surface area contributed by atoms with Crippen LogP contribution in [0.25, 0.3) is 6.08 Å². The van der Waals surface area contributed by atoms with Gasteiger partial charge < -0.3 is 20.0 Å². The van der Waals surface area contributed by atoms with E-state index >= 15 is 0 Å². The molecular weight excluding hydrogens is 378 g/mol. The van der Waals surface area contributed by atoms with Gasteiger partial charge in [0.15, 0.2) is 0 Å². The molecule has 0 saturated carbocycles. The molecule has 3 aromatic rings. The van der Waals surface area contributed by atoms with Gasteiger partial charge in [0.1, 0.15) is 11.6 Å². The van der Waals surface area contributed by atoms with Crippen LogP contribution in [0.1, 0.15) is 30.7 Å². The van der Waals surface area contributed by atoms with Crippen molar-refractivity contribution >= 4 is 35.1 Å². The number of benzene rings is 1. The molecule has 2 aromatic heterocycles. The van der Waals surface area contributed by atoms with Crippen molar-refractivity contribution in [2.75, 3.05) is 28.6 Å². The topological polar surface area (TPSA) is 83.3 Å². The van der Waals surface area contributed by atoms with Gasteiger partial charge in [0.05, 0.1) is 6.26 Å². The minimum Gasteiger partial charge on any atom is -0.465 e. The lowest BCUT2D eigenvalue weighted by atomic mass is 10.1. The molecule has 0 unspecified atom stereocenters. The number of hydrogen-bond acceptors (Lipinski definition) is 6. The normalized spacial score (nSPS) is 14.1. The zero-order chi connectivity index (χ0) is 20.8. The molecule has 1 amide bonds. The van der Waals surface area contributed by atoms with Gasteiger partial charge in [-0.05, 0) is 68.7 Å². The molecule has 0 radical (unpaired) electrons. The van der Waals surface area contributed by atoms with Crippen LogP contribution in [-0.4, -0.2) is 29.0 Å². The third kappa shape index (κ3) is 5.26. The standard InChI is InChI=1S/C23H25N5O2/c1-17-16-21(28-13-3-2-4-14-28)27-23(24-17)26-19-9-7-18(8-10-19)25-22(29)12-11-20-6-5-15-30-20/h5-12,15-16H,2-4,13-14H2,1H3,(H,25,29)(H,24,26,27)/b12-11+. The molecule has 1 saturated heterocycles. The quantitative estimate of drug-likeness (QED) is 0.577. The van der Waals surface area contributed by atoms with E-state index in [2.05, 4.69) is 25.5 Å². The Morgan fingerprint density at radius 2 is 1.83 bits per heavy atom. The highest BCUT2D eigenvalue weighted by molar-refractivity contribution is 6.01. The second-order valence-electron chi connectivity index (χ2n) is 7.28. The van der Waals surface area contributed by atoms with Gasteiger partial charge in [-0.15, -0.1) is 0 Å². The van der Waals surface area contributed by atoms with Crippen LogP contribution in [0.15, 0.2) is 59.2 Å². The molecule has 0 aliphatic carbocycles. The second kappa shape index (κ2) is 9.26. The average Bonchev–Trinajstić information content (AvgIpc) is 3.28. The number of piperidine rings is 1. The van der Waals surface area contributed by atoms with Crippen molar-refractivity contribution in [3.05, 3.63) is 66.3 Å². The van der Waals surface area contributed by atoms with E-state index in [-0.39, 0.29) is 5.91 Å². The molecule has 3 heterocycles.